The zero-order valence-corrected chi connectivity index (χ0v) is 13.2. The Morgan fingerprint density at radius 1 is 1.22 bits per heavy atom. The maximum atomic E-state index is 13.7. The van der Waals surface area contributed by atoms with Gasteiger partial charge in [-0.3, -0.25) is 4.40 Å². The van der Waals surface area contributed by atoms with Gasteiger partial charge in [0.2, 0.25) is 0 Å². The molecule has 0 spiro atoms. The second kappa shape index (κ2) is 7.01. The van der Waals surface area contributed by atoms with Crippen molar-refractivity contribution in [3.05, 3.63) is 53.4 Å². The monoisotopic (exact) mass is 336 g/mol. The molecule has 2 aromatic heterocycles. The van der Waals surface area contributed by atoms with Crippen molar-refractivity contribution in [2.24, 2.45) is 0 Å². The van der Waals surface area contributed by atoms with Gasteiger partial charge in [-0.1, -0.05) is 11.8 Å². The Labute approximate surface area is 135 Å². The number of halogens is 2. The molecule has 0 bridgehead atoms. The summed E-state index contributed by atoms with van der Waals surface area (Å²) in [5.74, 6) is -0.176. The summed E-state index contributed by atoms with van der Waals surface area (Å²) in [6.07, 6.45) is 2.34. The van der Waals surface area contributed by atoms with Crippen LogP contribution in [0.15, 0.2) is 35.6 Å². The van der Waals surface area contributed by atoms with Gasteiger partial charge in [-0.25, -0.2) is 13.8 Å². The molecular weight excluding hydrogens is 322 g/mol. The molecule has 8 heteroatoms. The molecule has 0 radical (unpaired) electrons. The molecule has 0 saturated heterocycles. The minimum Gasteiger partial charge on any atom is -0.384 e. The fourth-order valence-electron chi connectivity index (χ4n) is 2.15. The van der Waals surface area contributed by atoms with Crippen LogP contribution in [0.1, 0.15) is 11.3 Å². The summed E-state index contributed by atoms with van der Waals surface area (Å²) in [5, 5.41) is 8.69. The van der Waals surface area contributed by atoms with Gasteiger partial charge >= 0.3 is 0 Å². The lowest BCUT2D eigenvalue weighted by Crippen LogP contribution is -2.04. The molecule has 0 saturated carbocycles. The number of nitrogens with zero attached hydrogens (tertiary/aromatic N) is 4. The third kappa shape index (κ3) is 3.48. The maximum absolute atomic E-state index is 13.7. The van der Waals surface area contributed by atoms with Gasteiger partial charge < -0.3 is 4.74 Å². The Bertz CT molecular complexity index is 824. The zero-order chi connectivity index (χ0) is 16.2. The topological polar surface area (TPSA) is 52.3 Å². The third-order valence-electron chi connectivity index (χ3n) is 3.29. The molecule has 0 N–H and O–H groups in total. The predicted octanol–water partition coefficient (Wildman–Crippen LogP) is 2.88. The summed E-state index contributed by atoms with van der Waals surface area (Å²) in [5.41, 5.74) is 1.23. The summed E-state index contributed by atoms with van der Waals surface area (Å²) in [4.78, 5) is 4.16. The summed E-state index contributed by atoms with van der Waals surface area (Å²) >= 11 is 1.28. The highest BCUT2D eigenvalue weighted by Gasteiger charge is 2.12. The van der Waals surface area contributed by atoms with E-state index in [1.165, 1.54) is 17.8 Å². The van der Waals surface area contributed by atoms with Crippen LogP contribution in [0.3, 0.4) is 0 Å². The summed E-state index contributed by atoms with van der Waals surface area (Å²) in [7, 11) is 1.63. The average Bonchev–Trinajstić information content (AvgIpc) is 2.97. The molecule has 2 heterocycles. The fourth-order valence-corrected chi connectivity index (χ4v) is 3.09. The van der Waals surface area contributed by atoms with E-state index in [4.69, 9.17) is 4.74 Å². The van der Waals surface area contributed by atoms with Crippen molar-refractivity contribution in [2.75, 3.05) is 13.7 Å². The van der Waals surface area contributed by atoms with Crippen molar-refractivity contribution in [1.29, 1.82) is 0 Å². The highest BCUT2D eigenvalue weighted by molar-refractivity contribution is 7.98. The fraction of sp³-hybridized carbons (Fsp3) is 0.267. The first-order valence-corrected chi connectivity index (χ1v) is 7.92. The second-order valence-corrected chi connectivity index (χ2v) is 5.76. The van der Waals surface area contributed by atoms with Crippen LogP contribution in [0.25, 0.3) is 5.78 Å². The predicted molar refractivity (Wildman–Crippen MR) is 82.3 cm³/mol. The first-order chi connectivity index (χ1) is 11.2. The van der Waals surface area contributed by atoms with Crippen LogP contribution in [0.5, 0.6) is 0 Å². The van der Waals surface area contributed by atoms with Gasteiger partial charge in [0.25, 0.3) is 5.78 Å². The van der Waals surface area contributed by atoms with Crippen LogP contribution >= 0.6 is 11.8 Å². The molecule has 0 fully saturated rings. The quantitative estimate of drug-likeness (QED) is 0.648. The van der Waals surface area contributed by atoms with Gasteiger partial charge in [-0.15, -0.1) is 10.2 Å². The largest absolute Gasteiger partial charge is 0.384 e. The van der Waals surface area contributed by atoms with E-state index >= 15 is 0 Å². The van der Waals surface area contributed by atoms with Gasteiger partial charge in [-0.05, 0) is 24.3 Å². The first kappa shape index (κ1) is 15.8. The van der Waals surface area contributed by atoms with Crippen LogP contribution < -0.4 is 0 Å². The lowest BCUT2D eigenvalue weighted by molar-refractivity contribution is 0.201. The van der Waals surface area contributed by atoms with Crippen molar-refractivity contribution in [2.45, 2.75) is 17.3 Å². The molecule has 5 nitrogen and oxygen atoms in total. The van der Waals surface area contributed by atoms with Crippen molar-refractivity contribution >= 4 is 17.5 Å². The van der Waals surface area contributed by atoms with Gasteiger partial charge in [-0.2, -0.15) is 0 Å². The maximum Gasteiger partial charge on any atom is 0.255 e. The van der Waals surface area contributed by atoms with Crippen LogP contribution in [0.4, 0.5) is 8.78 Å². The zero-order valence-electron chi connectivity index (χ0n) is 12.4. The first-order valence-electron chi connectivity index (χ1n) is 6.93. The van der Waals surface area contributed by atoms with E-state index in [-0.39, 0.29) is 11.3 Å². The van der Waals surface area contributed by atoms with Crippen LogP contribution in [-0.2, 0) is 16.9 Å². The molecule has 0 aliphatic carbocycles. The number of thioether (sulfide) groups is 1. The molecule has 0 unspecified atom stereocenters. The molecular formula is C15H14F2N4OS. The lowest BCUT2D eigenvalue weighted by Gasteiger charge is -2.07. The Balaban J connectivity index is 1.86. The number of rotatable bonds is 6. The normalized spacial score (nSPS) is 11.3. The molecule has 0 aliphatic heterocycles. The van der Waals surface area contributed by atoms with Crippen molar-refractivity contribution in [3.63, 3.8) is 0 Å². The van der Waals surface area contributed by atoms with Crippen LogP contribution in [-0.4, -0.2) is 33.3 Å². The second-order valence-electron chi connectivity index (χ2n) is 4.82. The standard InChI is InChI=1S/C15H14F2N4OS/c1-22-7-5-12-4-6-18-14-19-20-15(21(12)14)23-9-10-8-11(16)2-3-13(10)17/h2-4,6,8H,5,7,9H2,1H3. The van der Waals surface area contributed by atoms with Gasteiger partial charge in [0.1, 0.15) is 11.6 Å². The lowest BCUT2D eigenvalue weighted by atomic mass is 10.2. The van der Waals surface area contributed by atoms with E-state index in [0.29, 0.717) is 24.0 Å². The van der Waals surface area contributed by atoms with E-state index < -0.39 is 11.6 Å². The van der Waals surface area contributed by atoms with E-state index in [0.717, 1.165) is 17.8 Å². The number of aromatic nitrogens is 4. The van der Waals surface area contributed by atoms with Gasteiger partial charge in [0, 0.05) is 36.7 Å². The number of hydrogen-bond acceptors (Lipinski definition) is 5. The number of ether oxygens (including phenoxy) is 1. The van der Waals surface area contributed by atoms with Crippen molar-refractivity contribution in [3.8, 4) is 0 Å². The molecule has 120 valence electrons. The summed E-state index contributed by atoms with van der Waals surface area (Å²) in [6.45, 7) is 0.555. The van der Waals surface area contributed by atoms with Gasteiger partial charge in [0.15, 0.2) is 5.16 Å². The van der Waals surface area contributed by atoms with E-state index in [1.807, 2.05) is 6.07 Å². The molecule has 1 aromatic carbocycles. The average molecular weight is 336 g/mol. The molecule has 3 aromatic rings. The summed E-state index contributed by atoms with van der Waals surface area (Å²) < 4.78 is 33.8. The van der Waals surface area contributed by atoms with Gasteiger partial charge in [0.05, 0.1) is 6.61 Å². The molecule has 23 heavy (non-hydrogen) atoms. The van der Waals surface area contributed by atoms with Crippen LogP contribution in [0, 0.1) is 11.6 Å². The van der Waals surface area contributed by atoms with E-state index in [1.54, 1.807) is 17.7 Å². The molecule has 0 aliphatic rings. The van der Waals surface area contributed by atoms with Crippen molar-refractivity contribution < 1.29 is 13.5 Å². The molecule has 0 atom stereocenters. The smallest absolute Gasteiger partial charge is 0.255 e. The van der Waals surface area contributed by atoms with E-state index in [9.17, 15) is 8.78 Å². The van der Waals surface area contributed by atoms with E-state index in [2.05, 4.69) is 15.2 Å². The highest BCUT2D eigenvalue weighted by atomic mass is 32.2. The number of hydrogen-bond donors (Lipinski definition) is 0. The Morgan fingerprint density at radius 3 is 2.91 bits per heavy atom. The molecule has 0 amide bonds. The Morgan fingerprint density at radius 2 is 2.09 bits per heavy atom. The number of methoxy groups -OCH3 is 1. The highest BCUT2D eigenvalue weighted by Crippen LogP contribution is 2.24. The Kier molecular flexibility index (Phi) is 4.82. The van der Waals surface area contributed by atoms with Crippen molar-refractivity contribution in [1.82, 2.24) is 19.6 Å². The minimum atomic E-state index is -0.462. The third-order valence-corrected chi connectivity index (χ3v) is 4.27. The minimum absolute atomic E-state index is 0.253. The molecule has 3 rings (SSSR count). The summed E-state index contributed by atoms with van der Waals surface area (Å²) in [6, 6.07) is 5.28. The van der Waals surface area contributed by atoms with Crippen LogP contribution in [0.2, 0.25) is 0 Å². The number of benzene rings is 1. The Hall–Kier alpha value is -2.06. The SMILES string of the molecule is COCCc1ccnc2nnc(SCc3cc(F)ccc3F)n12. The number of fused-ring (bicyclic) bond motifs is 1.